The van der Waals surface area contributed by atoms with E-state index in [0.717, 1.165) is 21.3 Å². The highest BCUT2D eigenvalue weighted by molar-refractivity contribution is 9.10. The number of benzene rings is 2. The van der Waals surface area contributed by atoms with E-state index in [2.05, 4.69) is 21.1 Å². The summed E-state index contributed by atoms with van der Waals surface area (Å²) in [6, 6.07) is 13.2. The maximum absolute atomic E-state index is 9.80. The number of hydrogen-bond donors (Lipinski definition) is 1. The van der Waals surface area contributed by atoms with Gasteiger partial charge in [0.15, 0.2) is 0 Å². The first-order valence-electron chi connectivity index (χ1n) is 6.06. The molecule has 1 N–H and O–H groups in total. The van der Waals surface area contributed by atoms with E-state index in [4.69, 9.17) is 9.49 Å². The van der Waals surface area contributed by atoms with Gasteiger partial charge in [0.1, 0.15) is 11.5 Å². The predicted molar refractivity (Wildman–Crippen MR) is 81.5 cm³/mol. The highest BCUT2D eigenvalue weighted by atomic mass is 79.9. The molecule has 0 unspecified atom stereocenters. The number of fused-ring (bicyclic) bond motifs is 1. The largest absolute Gasteiger partial charge is 0.583 e. The Bertz CT molecular complexity index is 690. The van der Waals surface area contributed by atoms with Crippen LogP contribution in [0.5, 0.6) is 5.75 Å². The molecule has 2 aromatic rings. The van der Waals surface area contributed by atoms with Crippen LogP contribution in [0.4, 0.5) is 0 Å². The lowest BCUT2D eigenvalue weighted by Crippen LogP contribution is -2.40. The minimum absolute atomic E-state index is 0.689. The SMILES string of the molecule is COc1ccc(C2=NOB(O)c3ccccc32)cc1Br. The van der Waals surface area contributed by atoms with Crippen molar-refractivity contribution in [3.05, 3.63) is 58.1 Å². The van der Waals surface area contributed by atoms with Gasteiger partial charge in [-0.05, 0) is 34.1 Å². The van der Waals surface area contributed by atoms with E-state index in [-0.39, 0.29) is 0 Å². The van der Waals surface area contributed by atoms with E-state index in [9.17, 15) is 5.02 Å². The molecule has 100 valence electrons. The second-order valence-corrected chi connectivity index (χ2v) is 5.19. The van der Waals surface area contributed by atoms with Gasteiger partial charge in [0.25, 0.3) is 0 Å². The molecule has 1 aliphatic heterocycles. The summed E-state index contributed by atoms with van der Waals surface area (Å²) in [4.78, 5) is 0. The fraction of sp³-hybridized carbons (Fsp3) is 0.0714. The summed E-state index contributed by atoms with van der Waals surface area (Å²) in [5, 5.41) is 13.8. The van der Waals surface area contributed by atoms with Gasteiger partial charge >= 0.3 is 7.12 Å². The maximum Gasteiger partial charge on any atom is 0.583 e. The van der Waals surface area contributed by atoms with Gasteiger partial charge in [-0.1, -0.05) is 24.3 Å². The second-order valence-electron chi connectivity index (χ2n) is 4.33. The van der Waals surface area contributed by atoms with E-state index in [1.807, 2.05) is 42.5 Å². The van der Waals surface area contributed by atoms with Crippen molar-refractivity contribution < 1.29 is 14.5 Å². The van der Waals surface area contributed by atoms with E-state index < -0.39 is 7.12 Å². The fourth-order valence-corrected chi connectivity index (χ4v) is 2.70. The van der Waals surface area contributed by atoms with Crippen molar-refractivity contribution in [1.82, 2.24) is 0 Å². The topological polar surface area (TPSA) is 51.0 Å². The minimum Gasteiger partial charge on any atom is -0.496 e. The Morgan fingerprint density at radius 3 is 2.80 bits per heavy atom. The van der Waals surface area contributed by atoms with Gasteiger partial charge in [0.05, 0.1) is 11.6 Å². The van der Waals surface area contributed by atoms with Gasteiger partial charge in [-0.3, -0.25) is 0 Å². The molecule has 0 fully saturated rings. The number of rotatable bonds is 2. The van der Waals surface area contributed by atoms with Crippen molar-refractivity contribution in [3.8, 4) is 5.75 Å². The molecule has 4 nitrogen and oxygen atoms in total. The van der Waals surface area contributed by atoms with Crippen LogP contribution in [0.25, 0.3) is 0 Å². The first-order chi connectivity index (χ1) is 9.70. The number of hydrogen-bond acceptors (Lipinski definition) is 4. The van der Waals surface area contributed by atoms with Crippen molar-refractivity contribution in [2.45, 2.75) is 0 Å². The molecule has 1 aliphatic rings. The highest BCUT2D eigenvalue weighted by Crippen LogP contribution is 2.27. The molecule has 0 amide bonds. The number of oxime groups is 1. The third kappa shape index (κ3) is 2.21. The number of nitrogens with zero attached hydrogens (tertiary/aromatic N) is 1. The van der Waals surface area contributed by atoms with Gasteiger partial charge < -0.3 is 14.5 Å². The zero-order valence-electron chi connectivity index (χ0n) is 10.7. The number of halogens is 1. The summed E-state index contributed by atoms with van der Waals surface area (Å²) in [5.74, 6) is 0.749. The van der Waals surface area contributed by atoms with Crippen molar-refractivity contribution in [1.29, 1.82) is 0 Å². The smallest absolute Gasteiger partial charge is 0.496 e. The monoisotopic (exact) mass is 331 g/mol. The Hall–Kier alpha value is -1.79. The molecule has 0 aliphatic carbocycles. The molecule has 0 bridgehead atoms. The van der Waals surface area contributed by atoms with E-state index in [1.54, 1.807) is 7.11 Å². The van der Waals surface area contributed by atoms with Gasteiger partial charge in [0, 0.05) is 16.6 Å². The van der Waals surface area contributed by atoms with Crippen molar-refractivity contribution in [3.63, 3.8) is 0 Å². The molecule has 0 aromatic heterocycles. The van der Waals surface area contributed by atoms with Gasteiger partial charge in [-0.15, -0.1) is 5.16 Å². The summed E-state index contributed by atoms with van der Waals surface area (Å²) in [6.07, 6.45) is 0. The molecule has 1 heterocycles. The highest BCUT2D eigenvalue weighted by Gasteiger charge is 2.29. The average Bonchev–Trinajstić information content (AvgIpc) is 2.48. The quantitative estimate of drug-likeness (QED) is 0.855. The van der Waals surface area contributed by atoms with Crippen LogP contribution in [0.1, 0.15) is 11.1 Å². The molecule has 20 heavy (non-hydrogen) atoms. The Kier molecular flexibility index (Phi) is 3.50. The zero-order valence-corrected chi connectivity index (χ0v) is 12.3. The molecular weight excluding hydrogens is 321 g/mol. The molecule has 0 saturated carbocycles. The first kappa shape index (κ1) is 13.2. The Labute approximate surface area is 125 Å². The van der Waals surface area contributed by atoms with Gasteiger partial charge in [-0.2, -0.15) is 0 Å². The molecule has 0 spiro atoms. The summed E-state index contributed by atoms with van der Waals surface area (Å²) in [6.45, 7) is 0. The van der Waals surface area contributed by atoms with E-state index in [0.29, 0.717) is 11.2 Å². The van der Waals surface area contributed by atoms with Crippen LogP contribution < -0.4 is 10.2 Å². The van der Waals surface area contributed by atoms with Gasteiger partial charge in [0.2, 0.25) is 0 Å². The molecule has 3 rings (SSSR count). The number of methoxy groups -OCH3 is 1. The Morgan fingerprint density at radius 1 is 1.25 bits per heavy atom. The second kappa shape index (κ2) is 5.30. The average molecular weight is 332 g/mol. The first-order valence-corrected chi connectivity index (χ1v) is 6.85. The Morgan fingerprint density at radius 2 is 2.05 bits per heavy atom. The van der Waals surface area contributed by atoms with Crippen LogP contribution in [0.15, 0.2) is 52.1 Å². The standard InChI is InChI=1S/C14H11BBrNO3/c1-19-13-7-6-9(8-12(13)16)14-10-4-2-3-5-11(10)15(18)20-17-14/h2-8,18H,1H3. The summed E-state index contributed by atoms with van der Waals surface area (Å²) in [7, 11) is 0.601. The number of ether oxygens (including phenoxy) is 1. The molecule has 0 atom stereocenters. The van der Waals surface area contributed by atoms with E-state index >= 15 is 0 Å². The maximum atomic E-state index is 9.80. The minimum atomic E-state index is -1.02. The third-order valence-corrected chi connectivity index (χ3v) is 3.77. The fourth-order valence-electron chi connectivity index (χ4n) is 2.16. The summed E-state index contributed by atoms with van der Waals surface area (Å²) >= 11 is 3.46. The van der Waals surface area contributed by atoms with Crippen LogP contribution in [-0.4, -0.2) is 25.0 Å². The molecular formula is C14H11BBrNO3. The molecule has 0 saturated heterocycles. The van der Waals surface area contributed by atoms with Gasteiger partial charge in [-0.25, -0.2) is 0 Å². The molecule has 2 aromatic carbocycles. The van der Waals surface area contributed by atoms with Crippen LogP contribution in [0, 0.1) is 0 Å². The van der Waals surface area contributed by atoms with E-state index in [1.165, 1.54) is 0 Å². The predicted octanol–water partition coefficient (Wildman–Crippen LogP) is 1.93. The third-order valence-electron chi connectivity index (χ3n) is 3.15. The normalized spacial score (nSPS) is 13.3. The molecule has 6 heteroatoms. The van der Waals surface area contributed by atoms with Crippen LogP contribution >= 0.6 is 15.9 Å². The van der Waals surface area contributed by atoms with Crippen LogP contribution in [0.3, 0.4) is 0 Å². The lowest BCUT2D eigenvalue weighted by Gasteiger charge is -2.18. The Balaban J connectivity index is 2.09. The van der Waals surface area contributed by atoms with Crippen LogP contribution in [-0.2, 0) is 4.76 Å². The van der Waals surface area contributed by atoms with Crippen molar-refractivity contribution >= 4 is 34.2 Å². The zero-order chi connectivity index (χ0) is 14.1. The van der Waals surface area contributed by atoms with Crippen molar-refractivity contribution in [2.24, 2.45) is 5.16 Å². The summed E-state index contributed by atoms with van der Waals surface area (Å²) in [5.41, 5.74) is 3.15. The lowest BCUT2D eigenvalue weighted by atomic mass is 9.74. The van der Waals surface area contributed by atoms with Crippen molar-refractivity contribution in [2.75, 3.05) is 7.11 Å². The molecule has 0 radical (unpaired) electrons. The summed E-state index contributed by atoms with van der Waals surface area (Å²) < 4.78 is 11.1. The lowest BCUT2D eigenvalue weighted by molar-refractivity contribution is 0.284. The van der Waals surface area contributed by atoms with Crippen LogP contribution in [0.2, 0.25) is 0 Å².